The van der Waals surface area contributed by atoms with Gasteiger partial charge in [-0.25, -0.2) is 9.59 Å². The van der Waals surface area contributed by atoms with Gasteiger partial charge in [-0.05, 0) is 150 Å². The van der Waals surface area contributed by atoms with Gasteiger partial charge in [0.25, 0.3) is 0 Å². The van der Waals surface area contributed by atoms with E-state index in [1.54, 1.807) is 11.1 Å². The second kappa shape index (κ2) is 14.1. The van der Waals surface area contributed by atoms with Crippen molar-refractivity contribution in [1.29, 1.82) is 0 Å². The highest BCUT2D eigenvalue weighted by Gasteiger charge is 2.54. The summed E-state index contributed by atoms with van der Waals surface area (Å²) in [6.07, 6.45) is 21.9. The maximum absolute atomic E-state index is 10.8. The largest absolute Gasteiger partial charge is 0.478 e. The van der Waals surface area contributed by atoms with Gasteiger partial charge in [-0.2, -0.15) is 0 Å². The third-order valence-electron chi connectivity index (χ3n) is 14.0. The Bertz CT molecular complexity index is 1100. The van der Waals surface area contributed by atoms with Crippen LogP contribution in [0.1, 0.15) is 146 Å². The van der Waals surface area contributed by atoms with Crippen LogP contribution in [0, 0.1) is 45.3 Å². The van der Waals surface area contributed by atoms with Gasteiger partial charge in [-0.15, -0.1) is 0 Å². The molecular formula is C40H64O4. The Morgan fingerprint density at radius 3 is 1.36 bits per heavy atom. The second-order valence-corrected chi connectivity index (χ2v) is 16.4. The van der Waals surface area contributed by atoms with E-state index in [1.165, 1.54) is 63.5 Å². The first kappa shape index (κ1) is 36.4. The van der Waals surface area contributed by atoms with Crippen LogP contribution in [0.3, 0.4) is 0 Å². The molecule has 0 spiro atoms. The zero-order chi connectivity index (χ0) is 33.1. The number of fused-ring (bicyclic) bond motifs is 2. The summed E-state index contributed by atoms with van der Waals surface area (Å²) in [6.45, 7) is 23.2. The summed E-state index contributed by atoms with van der Waals surface area (Å²) in [5.74, 6) is 1.25. The van der Waals surface area contributed by atoms with Crippen molar-refractivity contribution in [2.45, 2.75) is 146 Å². The minimum Gasteiger partial charge on any atom is -0.478 e. The van der Waals surface area contributed by atoms with E-state index in [0.29, 0.717) is 33.5 Å². The van der Waals surface area contributed by atoms with Gasteiger partial charge < -0.3 is 10.2 Å². The molecule has 0 aromatic heterocycles. The van der Waals surface area contributed by atoms with E-state index >= 15 is 0 Å². The van der Waals surface area contributed by atoms with E-state index in [9.17, 15) is 9.59 Å². The predicted octanol–water partition coefficient (Wildman–Crippen LogP) is 11.2. The molecule has 4 nitrogen and oxygen atoms in total. The Balaban J connectivity index is 0.000000240. The van der Waals surface area contributed by atoms with Crippen LogP contribution in [-0.4, -0.2) is 22.2 Å². The first-order chi connectivity index (χ1) is 20.4. The molecule has 0 aromatic carbocycles. The van der Waals surface area contributed by atoms with Gasteiger partial charge >= 0.3 is 11.9 Å². The number of carboxylic acid groups (broad SMARTS) is 2. The molecule has 44 heavy (non-hydrogen) atoms. The number of rotatable bonds is 8. The lowest BCUT2D eigenvalue weighted by Crippen LogP contribution is -2.49. The van der Waals surface area contributed by atoms with Crippen molar-refractivity contribution in [2.75, 3.05) is 0 Å². The number of aliphatic carboxylic acids is 2. The highest BCUT2D eigenvalue weighted by Crippen LogP contribution is 2.63. The number of hydrogen-bond donors (Lipinski definition) is 2. The molecule has 0 unspecified atom stereocenters. The summed E-state index contributed by atoms with van der Waals surface area (Å²) >= 11 is 0. The Morgan fingerprint density at radius 2 is 1.05 bits per heavy atom. The Hall–Kier alpha value is -2.10. The SMILES string of the molecule is CC1=CCC[C@@H]2[C@@](C)(CC/C(C)=C/C(=O)O)[C@H](C)CC[C@@]12C.CC1=CCC[C@@H]2[C@@](C)(CC/C(C)=C/C(=O)O)[C@H](C)CC[C@@]12C. The molecule has 4 heteroatoms. The van der Waals surface area contributed by atoms with Crippen molar-refractivity contribution >= 4 is 11.9 Å². The highest BCUT2D eigenvalue weighted by molar-refractivity contribution is 5.80. The van der Waals surface area contributed by atoms with E-state index in [4.69, 9.17) is 10.2 Å². The molecule has 0 heterocycles. The topological polar surface area (TPSA) is 74.6 Å². The average molecular weight is 609 g/mol. The molecule has 0 aliphatic heterocycles. The maximum Gasteiger partial charge on any atom is 0.328 e. The molecule has 4 rings (SSSR count). The Kier molecular flexibility index (Phi) is 11.7. The zero-order valence-corrected chi connectivity index (χ0v) is 29.8. The summed E-state index contributed by atoms with van der Waals surface area (Å²) in [7, 11) is 0. The van der Waals surface area contributed by atoms with E-state index in [1.807, 2.05) is 13.8 Å². The molecule has 2 fully saturated rings. The van der Waals surface area contributed by atoms with Gasteiger partial charge in [0.1, 0.15) is 0 Å². The van der Waals surface area contributed by atoms with E-state index in [0.717, 1.165) is 48.7 Å². The van der Waals surface area contributed by atoms with Crippen LogP contribution in [0.15, 0.2) is 46.6 Å². The van der Waals surface area contributed by atoms with Crippen molar-refractivity contribution in [1.82, 2.24) is 0 Å². The summed E-state index contributed by atoms with van der Waals surface area (Å²) < 4.78 is 0. The summed E-state index contributed by atoms with van der Waals surface area (Å²) in [5, 5.41) is 17.8. The molecular weight excluding hydrogens is 544 g/mol. The minimum atomic E-state index is -0.819. The second-order valence-electron chi connectivity index (χ2n) is 16.4. The predicted molar refractivity (Wildman–Crippen MR) is 183 cm³/mol. The number of allylic oxidation sites excluding steroid dienone is 6. The van der Waals surface area contributed by atoms with Gasteiger partial charge in [0.2, 0.25) is 0 Å². The van der Waals surface area contributed by atoms with Gasteiger partial charge in [0.05, 0.1) is 0 Å². The molecule has 2 N–H and O–H groups in total. The minimum absolute atomic E-state index is 0.316. The van der Waals surface area contributed by atoms with Crippen molar-refractivity contribution in [3.8, 4) is 0 Å². The Morgan fingerprint density at radius 1 is 0.705 bits per heavy atom. The number of hydrogen-bond acceptors (Lipinski definition) is 2. The summed E-state index contributed by atoms with van der Waals surface area (Å²) in [4.78, 5) is 21.7. The molecule has 0 bridgehead atoms. The monoisotopic (exact) mass is 608 g/mol. The van der Waals surface area contributed by atoms with Crippen LogP contribution in [0.2, 0.25) is 0 Å². The van der Waals surface area contributed by atoms with Crippen LogP contribution in [-0.2, 0) is 9.59 Å². The van der Waals surface area contributed by atoms with E-state index < -0.39 is 11.9 Å². The summed E-state index contributed by atoms with van der Waals surface area (Å²) in [5.41, 5.74) is 6.49. The van der Waals surface area contributed by atoms with Gasteiger partial charge in [0, 0.05) is 12.2 Å². The Labute approximate surface area is 269 Å². The fourth-order valence-corrected chi connectivity index (χ4v) is 10.2. The van der Waals surface area contributed by atoms with Gasteiger partial charge in [-0.1, -0.05) is 76.0 Å². The third kappa shape index (κ3) is 7.47. The normalized spacial score (nSPS) is 39.1. The molecule has 8 atom stereocenters. The van der Waals surface area contributed by atoms with Crippen LogP contribution in [0.5, 0.6) is 0 Å². The lowest BCUT2D eigenvalue weighted by Gasteiger charge is -2.58. The molecule has 0 amide bonds. The molecule has 4 aliphatic rings. The zero-order valence-electron chi connectivity index (χ0n) is 29.8. The first-order valence-corrected chi connectivity index (χ1v) is 17.5. The van der Waals surface area contributed by atoms with Crippen molar-refractivity contribution in [3.05, 3.63) is 46.6 Å². The molecule has 0 aromatic rings. The van der Waals surface area contributed by atoms with Gasteiger partial charge in [-0.3, -0.25) is 0 Å². The lowest BCUT2D eigenvalue weighted by molar-refractivity contribution is -0.132. The van der Waals surface area contributed by atoms with E-state index in [-0.39, 0.29) is 0 Å². The van der Waals surface area contributed by atoms with Crippen LogP contribution in [0.25, 0.3) is 0 Å². The highest BCUT2D eigenvalue weighted by atomic mass is 16.4. The molecule has 4 aliphatic carbocycles. The first-order valence-electron chi connectivity index (χ1n) is 17.5. The third-order valence-corrected chi connectivity index (χ3v) is 14.0. The van der Waals surface area contributed by atoms with Gasteiger partial charge in [0.15, 0.2) is 0 Å². The average Bonchev–Trinajstić information content (AvgIpc) is 2.93. The standard InChI is InChI=1S/2C20H32O2/c2*1-14(13-18(21)22)9-11-19(4)16(3)10-12-20(5)15(2)7-6-8-17(19)20/h2*7,13,16-17H,6,8-12H2,1-5H3,(H,21,22)/b2*14-13+/t2*16-,17-,19+,20+/m11/s1. The van der Waals surface area contributed by atoms with Crippen LogP contribution < -0.4 is 0 Å². The number of carbonyl (C=O) groups is 2. The van der Waals surface area contributed by atoms with Crippen molar-refractivity contribution in [3.63, 3.8) is 0 Å². The number of carboxylic acids is 2. The van der Waals surface area contributed by atoms with Crippen LogP contribution >= 0.6 is 0 Å². The quantitative estimate of drug-likeness (QED) is 0.212. The fourth-order valence-electron chi connectivity index (χ4n) is 10.2. The van der Waals surface area contributed by atoms with Crippen molar-refractivity contribution in [2.24, 2.45) is 45.3 Å². The molecule has 248 valence electrons. The van der Waals surface area contributed by atoms with Crippen molar-refractivity contribution < 1.29 is 19.8 Å². The lowest BCUT2D eigenvalue weighted by atomic mass is 9.47. The molecule has 2 saturated carbocycles. The fraction of sp³-hybridized carbons (Fsp3) is 0.750. The maximum atomic E-state index is 10.8. The molecule has 0 saturated heterocycles. The molecule has 0 radical (unpaired) electrons. The van der Waals surface area contributed by atoms with E-state index in [2.05, 4.69) is 67.5 Å². The smallest absolute Gasteiger partial charge is 0.328 e. The van der Waals surface area contributed by atoms with Crippen LogP contribution in [0.4, 0.5) is 0 Å². The summed E-state index contributed by atoms with van der Waals surface area (Å²) in [6, 6.07) is 0.